The number of carbonyl (C=O) groups excluding carboxylic acids is 1. The molecular formula is C12H18N2O2S. The molecule has 1 fully saturated rings. The molecule has 1 aliphatic rings. The van der Waals surface area contributed by atoms with Crippen molar-refractivity contribution in [1.82, 2.24) is 4.98 Å². The van der Waals surface area contributed by atoms with Crippen molar-refractivity contribution in [3.63, 3.8) is 0 Å². The molecule has 0 aromatic carbocycles. The topological polar surface area (TPSA) is 51.2 Å². The van der Waals surface area contributed by atoms with Crippen molar-refractivity contribution in [3.8, 4) is 0 Å². The number of nitrogens with zero attached hydrogens (tertiary/aromatic N) is 1. The van der Waals surface area contributed by atoms with Gasteiger partial charge in [0, 0.05) is 6.61 Å². The monoisotopic (exact) mass is 254 g/mol. The summed E-state index contributed by atoms with van der Waals surface area (Å²) in [6.45, 7) is 5.48. The van der Waals surface area contributed by atoms with Gasteiger partial charge in [-0.25, -0.2) is 4.98 Å². The summed E-state index contributed by atoms with van der Waals surface area (Å²) in [5.74, 6) is 0.390. The number of anilines is 1. The molecule has 0 aliphatic carbocycles. The average molecular weight is 254 g/mol. The zero-order valence-corrected chi connectivity index (χ0v) is 11.0. The van der Waals surface area contributed by atoms with Crippen molar-refractivity contribution in [2.24, 2.45) is 5.92 Å². The third kappa shape index (κ3) is 3.04. The molecule has 94 valence electrons. The predicted molar refractivity (Wildman–Crippen MR) is 68.4 cm³/mol. The van der Waals surface area contributed by atoms with E-state index >= 15 is 0 Å². The van der Waals surface area contributed by atoms with Crippen LogP contribution in [0.5, 0.6) is 0 Å². The van der Waals surface area contributed by atoms with Crippen LogP contribution in [-0.2, 0) is 9.53 Å². The van der Waals surface area contributed by atoms with Crippen LogP contribution in [0.4, 0.5) is 5.00 Å². The molecule has 0 bridgehead atoms. The van der Waals surface area contributed by atoms with Crippen molar-refractivity contribution in [2.45, 2.75) is 32.6 Å². The summed E-state index contributed by atoms with van der Waals surface area (Å²) in [6.07, 6.45) is 1.89. The lowest BCUT2D eigenvalue weighted by atomic mass is 10.0. The zero-order valence-electron chi connectivity index (χ0n) is 10.2. The first-order valence-corrected chi connectivity index (χ1v) is 6.88. The van der Waals surface area contributed by atoms with Gasteiger partial charge in [-0.2, -0.15) is 0 Å². The molecule has 1 aromatic rings. The lowest BCUT2D eigenvalue weighted by Crippen LogP contribution is -2.30. The van der Waals surface area contributed by atoms with Crippen molar-refractivity contribution < 1.29 is 9.53 Å². The molecule has 0 spiro atoms. The zero-order chi connectivity index (χ0) is 12.3. The molecular weight excluding hydrogens is 236 g/mol. The molecule has 4 nitrogen and oxygen atoms in total. The second-order valence-corrected chi connectivity index (χ2v) is 5.48. The largest absolute Gasteiger partial charge is 0.381 e. The maximum absolute atomic E-state index is 12.0. The number of hydrogen-bond acceptors (Lipinski definition) is 4. The van der Waals surface area contributed by atoms with Gasteiger partial charge in [0.25, 0.3) is 0 Å². The van der Waals surface area contributed by atoms with Crippen LogP contribution in [-0.4, -0.2) is 24.1 Å². The van der Waals surface area contributed by atoms with Gasteiger partial charge in [-0.3, -0.25) is 4.79 Å². The lowest BCUT2D eigenvalue weighted by Gasteiger charge is -2.21. The van der Waals surface area contributed by atoms with Crippen LogP contribution in [0, 0.1) is 5.92 Å². The number of carbonyl (C=O) groups is 1. The minimum atomic E-state index is -0.00846. The summed E-state index contributed by atoms with van der Waals surface area (Å²) in [5.41, 5.74) is 2.75. The third-order valence-electron chi connectivity index (χ3n) is 2.91. The smallest absolute Gasteiger partial charge is 0.230 e. The van der Waals surface area contributed by atoms with Crippen molar-refractivity contribution >= 4 is 22.2 Å². The first-order valence-electron chi connectivity index (χ1n) is 6.00. The Morgan fingerprint density at radius 1 is 1.65 bits per heavy atom. The molecule has 2 rings (SSSR count). The normalized spacial score (nSPS) is 20.5. The highest BCUT2D eigenvalue weighted by atomic mass is 32.1. The number of rotatable bonds is 3. The van der Waals surface area contributed by atoms with E-state index in [-0.39, 0.29) is 11.8 Å². The summed E-state index contributed by atoms with van der Waals surface area (Å²) in [4.78, 5) is 16.3. The maximum atomic E-state index is 12.0. The Morgan fingerprint density at radius 3 is 3.12 bits per heavy atom. The first kappa shape index (κ1) is 12.5. The Labute approximate surface area is 105 Å². The van der Waals surface area contributed by atoms with Gasteiger partial charge in [0.2, 0.25) is 5.91 Å². The Balaban J connectivity index is 1.99. The molecule has 5 heteroatoms. The van der Waals surface area contributed by atoms with Gasteiger partial charge in [-0.15, -0.1) is 11.3 Å². The second-order valence-electron chi connectivity index (χ2n) is 4.62. The van der Waals surface area contributed by atoms with Crippen LogP contribution >= 0.6 is 11.3 Å². The van der Waals surface area contributed by atoms with Crippen LogP contribution in [0.15, 0.2) is 5.51 Å². The van der Waals surface area contributed by atoms with Gasteiger partial charge < -0.3 is 10.1 Å². The Morgan fingerprint density at radius 2 is 2.47 bits per heavy atom. The number of hydrogen-bond donors (Lipinski definition) is 1. The first-order chi connectivity index (χ1) is 8.18. The summed E-state index contributed by atoms with van der Waals surface area (Å²) in [6, 6.07) is 0. The van der Waals surface area contributed by atoms with Crippen LogP contribution < -0.4 is 5.32 Å². The summed E-state index contributed by atoms with van der Waals surface area (Å²) in [7, 11) is 0. The molecule has 2 heterocycles. The predicted octanol–water partition coefficient (Wildman–Crippen LogP) is 2.63. The van der Waals surface area contributed by atoms with Crippen molar-refractivity contribution in [3.05, 3.63) is 11.2 Å². The quantitative estimate of drug-likeness (QED) is 0.902. The molecule has 1 amide bonds. The van der Waals surface area contributed by atoms with Crippen molar-refractivity contribution in [2.75, 3.05) is 18.5 Å². The fourth-order valence-electron chi connectivity index (χ4n) is 1.92. The van der Waals surface area contributed by atoms with E-state index in [4.69, 9.17) is 4.74 Å². The van der Waals surface area contributed by atoms with E-state index in [1.54, 1.807) is 5.51 Å². The molecule has 1 atom stereocenters. The van der Waals surface area contributed by atoms with Gasteiger partial charge in [-0.05, 0) is 18.8 Å². The van der Waals surface area contributed by atoms with E-state index in [9.17, 15) is 4.79 Å². The van der Waals surface area contributed by atoms with E-state index in [2.05, 4.69) is 24.1 Å². The SMILES string of the molecule is CC(C)c1ncsc1NC(=O)[C@@H]1CCCOC1. The average Bonchev–Trinajstić information content (AvgIpc) is 2.78. The van der Waals surface area contributed by atoms with E-state index in [0.29, 0.717) is 12.5 Å². The number of ether oxygens (including phenoxy) is 1. The van der Waals surface area contributed by atoms with E-state index in [0.717, 1.165) is 30.1 Å². The van der Waals surface area contributed by atoms with Gasteiger partial charge in [-0.1, -0.05) is 13.8 Å². The van der Waals surface area contributed by atoms with Crippen molar-refractivity contribution in [1.29, 1.82) is 0 Å². The van der Waals surface area contributed by atoms with E-state index in [1.165, 1.54) is 11.3 Å². The van der Waals surface area contributed by atoms with E-state index in [1.807, 2.05) is 0 Å². The summed E-state index contributed by atoms with van der Waals surface area (Å²) < 4.78 is 5.33. The fourth-order valence-corrected chi connectivity index (χ4v) is 2.76. The molecule has 17 heavy (non-hydrogen) atoms. The lowest BCUT2D eigenvalue weighted by molar-refractivity contribution is -0.123. The van der Waals surface area contributed by atoms with Gasteiger partial charge in [0.05, 0.1) is 23.7 Å². The molecule has 1 N–H and O–H groups in total. The second kappa shape index (κ2) is 5.60. The molecule has 1 aromatic heterocycles. The summed E-state index contributed by atoms with van der Waals surface area (Å²) >= 11 is 1.49. The molecule has 1 saturated heterocycles. The van der Waals surface area contributed by atoms with Gasteiger partial charge in [0.15, 0.2) is 0 Å². The molecule has 0 unspecified atom stereocenters. The fraction of sp³-hybridized carbons (Fsp3) is 0.667. The van der Waals surface area contributed by atoms with Crippen LogP contribution in [0.3, 0.4) is 0 Å². The number of amides is 1. The van der Waals surface area contributed by atoms with Crippen LogP contribution in [0.2, 0.25) is 0 Å². The Kier molecular flexibility index (Phi) is 4.12. The molecule has 0 radical (unpaired) electrons. The highest BCUT2D eigenvalue weighted by Crippen LogP contribution is 2.28. The highest BCUT2D eigenvalue weighted by molar-refractivity contribution is 7.14. The maximum Gasteiger partial charge on any atom is 0.230 e. The van der Waals surface area contributed by atoms with Crippen LogP contribution in [0.1, 0.15) is 38.3 Å². The molecule has 1 aliphatic heterocycles. The van der Waals surface area contributed by atoms with Gasteiger partial charge >= 0.3 is 0 Å². The Hall–Kier alpha value is -0.940. The standard InChI is InChI=1S/C12H18N2O2S/c1-8(2)10-12(17-7-13-10)14-11(15)9-4-3-5-16-6-9/h7-9H,3-6H2,1-2H3,(H,14,15)/t9-/m1/s1. The minimum absolute atomic E-state index is 0.00846. The summed E-state index contributed by atoms with van der Waals surface area (Å²) in [5, 5.41) is 3.86. The highest BCUT2D eigenvalue weighted by Gasteiger charge is 2.23. The minimum Gasteiger partial charge on any atom is -0.381 e. The van der Waals surface area contributed by atoms with Gasteiger partial charge in [0.1, 0.15) is 5.00 Å². The van der Waals surface area contributed by atoms with E-state index < -0.39 is 0 Å². The third-order valence-corrected chi connectivity index (χ3v) is 3.67. The number of nitrogens with one attached hydrogen (secondary N) is 1. The number of aromatic nitrogens is 1. The van der Waals surface area contributed by atoms with Crippen LogP contribution in [0.25, 0.3) is 0 Å². The molecule has 0 saturated carbocycles. The number of thiazole rings is 1. The Bertz CT molecular complexity index is 384.